The zero-order chi connectivity index (χ0) is 10.1. The van der Waals surface area contributed by atoms with Gasteiger partial charge in [-0.15, -0.1) is 0 Å². The van der Waals surface area contributed by atoms with Gasteiger partial charge in [0.05, 0.1) is 0 Å². The molecule has 0 radical (unpaired) electrons. The largest absolute Gasteiger partial charge is 0.329 e. The Morgan fingerprint density at radius 1 is 1.31 bits per heavy atom. The highest BCUT2D eigenvalue weighted by Gasteiger charge is 1.96. The summed E-state index contributed by atoms with van der Waals surface area (Å²) in [5.41, 5.74) is 6.46. The highest BCUT2D eigenvalue weighted by atomic mass is 32.1. The number of hydrogen-bond acceptors (Lipinski definition) is 5. The second-order valence-corrected chi connectivity index (χ2v) is 2.73. The molecule has 0 aliphatic rings. The van der Waals surface area contributed by atoms with Crippen LogP contribution in [0.25, 0.3) is 0 Å². The maximum absolute atomic E-state index is 6.50. The van der Waals surface area contributed by atoms with Crippen LogP contribution in [0.3, 0.4) is 0 Å². The predicted molar refractivity (Wildman–Crippen MR) is 59.9 cm³/mol. The van der Waals surface area contributed by atoms with Gasteiger partial charge in [0.25, 0.3) is 0 Å². The second-order valence-electron chi connectivity index (χ2n) is 2.25. The van der Waals surface area contributed by atoms with Crippen LogP contribution in [0, 0.1) is 0 Å². The lowest BCUT2D eigenvalue weighted by molar-refractivity contribution is 0.311. The Morgan fingerprint density at radius 3 is 2.31 bits per heavy atom. The summed E-state index contributed by atoms with van der Waals surface area (Å²) < 4.78 is 1.83. The van der Waals surface area contributed by atoms with Gasteiger partial charge in [-0.05, 0) is 12.1 Å². The maximum atomic E-state index is 6.50. The minimum absolute atomic E-state index is 0. The van der Waals surface area contributed by atoms with Crippen molar-refractivity contribution in [2.75, 3.05) is 17.4 Å². The molecule has 4 nitrogen and oxygen atoms in total. The fraction of sp³-hybridized carbons (Fsp3) is 0.250. The van der Waals surface area contributed by atoms with E-state index < -0.39 is 0 Å². The Morgan fingerprint density at radius 2 is 1.85 bits per heavy atom. The Labute approximate surface area is 85.1 Å². The molecule has 0 aliphatic carbocycles. The lowest BCUT2D eigenvalue weighted by Gasteiger charge is -2.15. The minimum atomic E-state index is 0. The maximum Gasteiger partial charge on any atom is 0.0468 e. The van der Waals surface area contributed by atoms with E-state index >= 15 is 0 Å². The van der Waals surface area contributed by atoms with Gasteiger partial charge in [0, 0.05) is 20.2 Å². The summed E-state index contributed by atoms with van der Waals surface area (Å²) in [5.74, 6) is 3.50. The molecule has 5 N–H and O–H groups in total. The molecule has 5 heteroatoms. The zero-order valence-electron chi connectivity index (χ0n) is 7.30. The molecule has 13 heavy (non-hydrogen) atoms. The van der Waals surface area contributed by atoms with Gasteiger partial charge in [0.2, 0.25) is 0 Å². The third-order valence-corrected chi connectivity index (χ3v) is 1.83. The standard InChI is InChI=1S/C8H12N2S.H3NO.H2/c9-6-7-10(11)8-4-2-1-3-5-8;1-2;/h1-5,11H,6-7,9H2;2H,1H2;1H. The number of hydrogen-bond donors (Lipinski definition) is 4. The normalized spacial score (nSPS) is 8.62. The molecule has 0 spiro atoms. The van der Waals surface area contributed by atoms with E-state index in [1.54, 1.807) is 0 Å². The van der Waals surface area contributed by atoms with Crippen molar-refractivity contribution in [1.82, 2.24) is 0 Å². The van der Waals surface area contributed by atoms with Crippen LogP contribution in [0.1, 0.15) is 1.43 Å². The van der Waals surface area contributed by atoms with Gasteiger partial charge in [-0.1, -0.05) is 31.0 Å². The Kier molecular flexibility index (Phi) is 7.42. The molecule has 0 unspecified atom stereocenters. The molecule has 1 rings (SSSR count). The molecule has 0 aliphatic heterocycles. The summed E-state index contributed by atoms with van der Waals surface area (Å²) >= 11 is 4.25. The molecule has 0 saturated carbocycles. The first-order valence-electron chi connectivity index (χ1n) is 3.82. The predicted octanol–water partition coefficient (Wildman–Crippen LogP) is 0.877. The number of anilines is 1. The quantitative estimate of drug-likeness (QED) is 0.434. The smallest absolute Gasteiger partial charge is 0.0468 e. The molecule has 0 saturated heterocycles. The molecule has 0 atom stereocenters. The third kappa shape index (κ3) is 4.74. The van der Waals surface area contributed by atoms with Crippen LogP contribution in [0.4, 0.5) is 5.69 Å². The van der Waals surface area contributed by atoms with Crippen molar-refractivity contribution in [1.29, 1.82) is 0 Å². The lowest BCUT2D eigenvalue weighted by Crippen LogP contribution is -2.20. The van der Waals surface area contributed by atoms with E-state index in [-0.39, 0.29) is 1.43 Å². The second kappa shape index (κ2) is 7.88. The fourth-order valence-corrected chi connectivity index (χ4v) is 1.10. The summed E-state index contributed by atoms with van der Waals surface area (Å²) in [7, 11) is 0. The Hall–Kier alpha value is -0.750. The molecule has 1 aromatic carbocycles. The fourth-order valence-electron chi connectivity index (χ4n) is 0.851. The number of para-hydroxylation sites is 1. The van der Waals surface area contributed by atoms with Crippen molar-refractivity contribution in [3.05, 3.63) is 30.3 Å². The average molecular weight is 203 g/mol. The van der Waals surface area contributed by atoms with E-state index in [2.05, 4.69) is 18.7 Å². The van der Waals surface area contributed by atoms with Crippen molar-refractivity contribution in [2.24, 2.45) is 11.6 Å². The number of thiol groups is 1. The van der Waals surface area contributed by atoms with Crippen molar-refractivity contribution in [2.45, 2.75) is 0 Å². The summed E-state index contributed by atoms with van der Waals surface area (Å²) in [6, 6.07) is 9.95. The zero-order valence-corrected chi connectivity index (χ0v) is 8.19. The van der Waals surface area contributed by atoms with E-state index in [0.717, 1.165) is 12.2 Å². The minimum Gasteiger partial charge on any atom is -0.329 e. The summed E-state index contributed by atoms with van der Waals surface area (Å²) in [6.07, 6.45) is 0. The van der Waals surface area contributed by atoms with Gasteiger partial charge < -0.3 is 15.2 Å². The van der Waals surface area contributed by atoms with E-state index in [0.29, 0.717) is 6.54 Å². The van der Waals surface area contributed by atoms with Gasteiger partial charge in [0.15, 0.2) is 0 Å². The van der Waals surface area contributed by atoms with Crippen LogP contribution in [0.15, 0.2) is 30.3 Å². The van der Waals surface area contributed by atoms with E-state index in [4.69, 9.17) is 10.9 Å². The SMILES string of the molecule is NCCN(S)c1ccccc1.NO.[HH]. The van der Waals surface area contributed by atoms with Gasteiger partial charge in [-0.3, -0.25) is 0 Å². The highest BCUT2D eigenvalue weighted by molar-refractivity contribution is 7.81. The van der Waals surface area contributed by atoms with Crippen LogP contribution >= 0.6 is 12.8 Å². The van der Waals surface area contributed by atoms with Crippen LogP contribution < -0.4 is 15.9 Å². The van der Waals surface area contributed by atoms with Crippen LogP contribution in [-0.2, 0) is 0 Å². The third-order valence-electron chi connectivity index (χ3n) is 1.40. The van der Waals surface area contributed by atoms with Gasteiger partial charge >= 0.3 is 0 Å². The van der Waals surface area contributed by atoms with Crippen LogP contribution in [-0.4, -0.2) is 18.3 Å². The molecule has 0 aromatic heterocycles. The van der Waals surface area contributed by atoms with Crippen molar-refractivity contribution >= 4 is 18.5 Å². The van der Waals surface area contributed by atoms with Crippen molar-refractivity contribution in [3.63, 3.8) is 0 Å². The molecular formula is C8H17N3OS. The van der Waals surface area contributed by atoms with Gasteiger partial charge in [-0.25, -0.2) is 5.90 Å². The van der Waals surface area contributed by atoms with Crippen LogP contribution in [0.5, 0.6) is 0 Å². The van der Waals surface area contributed by atoms with Gasteiger partial charge in [-0.2, -0.15) is 0 Å². The molecule has 76 valence electrons. The summed E-state index contributed by atoms with van der Waals surface area (Å²) in [5, 5.41) is 6.50. The average Bonchev–Trinajstić information content (AvgIpc) is 2.23. The molecule has 1 aromatic rings. The van der Waals surface area contributed by atoms with E-state index in [9.17, 15) is 0 Å². The number of benzene rings is 1. The molecule has 0 heterocycles. The van der Waals surface area contributed by atoms with E-state index in [1.807, 2.05) is 34.6 Å². The summed E-state index contributed by atoms with van der Waals surface area (Å²) in [4.78, 5) is 0. The number of rotatable bonds is 3. The first-order chi connectivity index (χ1) is 6.34. The Bertz CT molecular complexity index is 213. The monoisotopic (exact) mass is 203 g/mol. The Balaban J connectivity index is 0. The molecule has 0 bridgehead atoms. The van der Waals surface area contributed by atoms with Crippen molar-refractivity contribution < 1.29 is 6.63 Å². The number of nitrogens with two attached hydrogens (primary N) is 2. The summed E-state index contributed by atoms with van der Waals surface area (Å²) in [6.45, 7) is 1.39. The topological polar surface area (TPSA) is 75.5 Å². The lowest BCUT2D eigenvalue weighted by atomic mass is 10.3. The first kappa shape index (κ1) is 12.2. The molecule has 0 amide bonds. The van der Waals surface area contributed by atoms with Gasteiger partial charge in [0.1, 0.15) is 0 Å². The van der Waals surface area contributed by atoms with Crippen molar-refractivity contribution in [3.8, 4) is 0 Å². The highest BCUT2D eigenvalue weighted by Crippen LogP contribution is 2.13. The molecule has 0 fully saturated rings. The number of nitrogens with zero attached hydrogens (tertiary/aromatic N) is 1. The molecular weight excluding hydrogens is 186 g/mol. The first-order valence-corrected chi connectivity index (χ1v) is 4.22. The van der Waals surface area contributed by atoms with E-state index in [1.165, 1.54) is 0 Å². The van der Waals surface area contributed by atoms with Crippen LogP contribution in [0.2, 0.25) is 0 Å².